The van der Waals surface area contributed by atoms with Crippen LogP contribution in [-0.4, -0.2) is 42.1 Å². The molecule has 0 bridgehead atoms. The third-order valence-electron chi connectivity index (χ3n) is 4.16. The van der Waals surface area contributed by atoms with Gasteiger partial charge in [-0.3, -0.25) is 14.5 Å². The van der Waals surface area contributed by atoms with Gasteiger partial charge in [0.2, 0.25) is 5.91 Å². The van der Waals surface area contributed by atoms with E-state index in [1.54, 1.807) is 19.1 Å². The summed E-state index contributed by atoms with van der Waals surface area (Å²) in [7, 11) is 0. The Morgan fingerprint density at radius 1 is 1.42 bits per heavy atom. The van der Waals surface area contributed by atoms with Gasteiger partial charge in [-0.05, 0) is 30.5 Å². The highest BCUT2D eigenvalue weighted by Crippen LogP contribution is 2.32. The first-order valence-corrected chi connectivity index (χ1v) is 7.89. The van der Waals surface area contributed by atoms with E-state index in [4.69, 9.17) is 4.74 Å². The maximum absolute atomic E-state index is 12.3. The van der Waals surface area contributed by atoms with Gasteiger partial charge in [-0.15, -0.1) is 0 Å². The lowest BCUT2D eigenvalue weighted by Crippen LogP contribution is -2.51. The molecule has 1 aliphatic heterocycles. The number of fused-ring (bicyclic) bond motifs is 1. The van der Waals surface area contributed by atoms with Crippen molar-refractivity contribution >= 4 is 23.5 Å². The van der Waals surface area contributed by atoms with E-state index >= 15 is 0 Å². The Labute approximate surface area is 140 Å². The van der Waals surface area contributed by atoms with E-state index in [-0.39, 0.29) is 25.0 Å². The van der Waals surface area contributed by atoms with Gasteiger partial charge in [-0.25, -0.2) is 4.79 Å². The minimum Gasteiger partial charge on any atom is -0.482 e. The number of carbonyl (C=O) groups excluding carboxylic acids is 2. The minimum absolute atomic E-state index is 0.141. The lowest BCUT2D eigenvalue weighted by atomic mass is 9.99. The number of amides is 2. The zero-order valence-corrected chi connectivity index (χ0v) is 14.0. The van der Waals surface area contributed by atoms with Crippen molar-refractivity contribution in [2.45, 2.75) is 33.2 Å². The largest absolute Gasteiger partial charge is 0.482 e. The van der Waals surface area contributed by atoms with Crippen LogP contribution < -0.4 is 15.0 Å². The van der Waals surface area contributed by atoms with E-state index in [1.165, 1.54) is 4.90 Å². The molecule has 2 amide bonds. The SMILES string of the molecule is CCC(C)C(NC(=O)CN1C(=O)COc2cc(C)ccc21)C(=O)O. The maximum Gasteiger partial charge on any atom is 0.326 e. The summed E-state index contributed by atoms with van der Waals surface area (Å²) in [5.41, 5.74) is 1.50. The second-order valence-corrected chi connectivity index (χ2v) is 6.01. The lowest BCUT2D eigenvalue weighted by molar-refractivity contribution is -0.143. The number of aliphatic carboxylic acids is 1. The van der Waals surface area contributed by atoms with Crippen molar-refractivity contribution in [1.82, 2.24) is 5.32 Å². The number of ether oxygens (including phenoxy) is 1. The van der Waals surface area contributed by atoms with Crippen LogP contribution >= 0.6 is 0 Å². The van der Waals surface area contributed by atoms with Crippen LogP contribution in [0.2, 0.25) is 0 Å². The summed E-state index contributed by atoms with van der Waals surface area (Å²) in [5, 5.41) is 11.8. The molecule has 1 aromatic rings. The molecule has 2 rings (SSSR count). The van der Waals surface area contributed by atoms with Crippen molar-refractivity contribution in [2.75, 3.05) is 18.1 Å². The third kappa shape index (κ3) is 3.84. The van der Waals surface area contributed by atoms with Gasteiger partial charge in [0.1, 0.15) is 18.3 Å². The standard InChI is InChI=1S/C17H22N2O5/c1-4-11(3)16(17(22)23)18-14(20)8-19-12-6-5-10(2)7-13(12)24-9-15(19)21/h5-7,11,16H,4,8-9H2,1-3H3,(H,18,20)(H,22,23). The van der Waals surface area contributed by atoms with Crippen molar-refractivity contribution in [3.8, 4) is 5.75 Å². The van der Waals surface area contributed by atoms with Crippen LogP contribution in [0.3, 0.4) is 0 Å². The smallest absolute Gasteiger partial charge is 0.326 e. The minimum atomic E-state index is -1.08. The molecule has 1 aliphatic rings. The van der Waals surface area contributed by atoms with Crippen molar-refractivity contribution in [2.24, 2.45) is 5.92 Å². The number of carboxylic acids is 1. The molecule has 7 heteroatoms. The van der Waals surface area contributed by atoms with Crippen molar-refractivity contribution in [1.29, 1.82) is 0 Å². The zero-order chi connectivity index (χ0) is 17.9. The molecule has 24 heavy (non-hydrogen) atoms. The summed E-state index contributed by atoms with van der Waals surface area (Å²) in [6.45, 7) is 5.14. The van der Waals surface area contributed by atoms with Gasteiger partial charge in [0.15, 0.2) is 6.61 Å². The number of anilines is 1. The van der Waals surface area contributed by atoms with Gasteiger partial charge in [-0.1, -0.05) is 26.3 Å². The fourth-order valence-electron chi connectivity index (χ4n) is 2.53. The second kappa shape index (κ2) is 7.33. The molecule has 1 heterocycles. The van der Waals surface area contributed by atoms with Crippen LogP contribution in [-0.2, 0) is 14.4 Å². The molecule has 1 aromatic carbocycles. The third-order valence-corrected chi connectivity index (χ3v) is 4.16. The predicted octanol–water partition coefficient (Wildman–Crippen LogP) is 1.34. The summed E-state index contributed by atoms with van der Waals surface area (Å²) >= 11 is 0. The second-order valence-electron chi connectivity index (χ2n) is 6.01. The number of nitrogens with zero attached hydrogens (tertiary/aromatic N) is 1. The molecule has 0 aromatic heterocycles. The Morgan fingerprint density at radius 2 is 2.12 bits per heavy atom. The highest BCUT2D eigenvalue weighted by molar-refractivity contribution is 6.02. The number of hydrogen-bond acceptors (Lipinski definition) is 4. The van der Waals surface area contributed by atoms with Gasteiger partial charge in [0, 0.05) is 0 Å². The number of benzene rings is 1. The van der Waals surface area contributed by atoms with Gasteiger partial charge in [0.05, 0.1) is 5.69 Å². The highest BCUT2D eigenvalue weighted by Gasteiger charge is 2.30. The van der Waals surface area contributed by atoms with Gasteiger partial charge in [0.25, 0.3) is 5.91 Å². The Balaban J connectivity index is 2.14. The molecular weight excluding hydrogens is 312 g/mol. The van der Waals surface area contributed by atoms with Crippen LogP contribution in [0.5, 0.6) is 5.75 Å². The monoisotopic (exact) mass is 334 g/mol. The average Bonchev–Trinajstić information content (AvgIpc) is 2.54. The topological polar surface area (TPSA) is 95.9 Å². The van der Waals surface area contributed by atoms with Crippen molar-refractivity contribution in [3.63, 3.8) is 0 Å². The molecule has 2 unspecified atom stereocenters. The molecule has 130 valence electrons. The summed E-state index contributed by atoms with van der Waals surface area (Å²) < 4.78 is 5.39. The van der Waals surface area contributed by atoms with Crippen LogP contribution in [0.4, 0.5) is 5.69 Å². The van der Waals surface area contributed by atoms with Gasteiger partial charge < -0.3 is 15.2 Å². The van der Waals surface area contributed by atoms with E-state index in [9.17, 15) is 19.5 Å². The summed E-state index contributed by atoms with van der Waals surface area (Å²) in [6, 6.07) is 4.37. The summed E-state index contributed by atoms with van der Waals surface area (Å²) in [4.78, 5) is 37.0. The van der Waals surface area contributed by atoms with Gasteiger partial charge in [-0.2, -0.15) is 0 Å². The molecule has 0 fully saturated rings. The first kappa shape index (κ1) is 17.8. The highest BCUT2D eigenvalue weighted by atomic mass is 16.5. The molecule has 0 spiro atoms. The average molecular weight is 334 g/mol. The fraction of sp³-hybridized carbons (Fsp3) is 0.471. The van der Waals surface area contributed by atoms with Crippen LogP contribution in [0.15, 0.2) is 18.2 Å². The molecule has 2 atom stereocenters. The molecule has 2 N–H and O–H groups in total. The zero-order valence-electron chi connectivity index (χ0n) is 14.0. The summed E-state index contributed by atoms with van der Waals surface area (Å²) in [6.07, 6.45) is 0.621. The van der Waals surface area contributed by atoms with E-state index < -0.39 is 17.9 Å². The van der Waals surface area contributed by atoms with Crippen LogP contribution in [0.1, 0.15) is 25.8 Å². The van der Waals surface area contributed by atoms with Gasteiger partial charge >= 0.3 is 5.97 Å². The first-order chi connectivity index (χ1) is 11.3. The Kier molecular flexibility index (Phi) is 5.43. The van der Waals surface area contributed by atoms with E-state index in [1.807, 2.05) is 19.9 Å². The quantitative estimate of drug-likeness (QED) is 0.818. The number of hydrogen-bond donors (Lipinski definition) is 2. The summed E-state index contributed by atoms with van der Waals surface area (Å²) in [5.74, 6) is -1.59. The number of nitrogens with one attached hydrogen (secondary N) is 1. The fourth-order valence-corrected chi connectivity index (χ4v) is 2.53. The van der Waals surface area contributed by atoms with Crippen LogP contribution in [0, 0.1) is 12.8 Å². The Bertz CT molecular complexity index is 658. The number of aryl methyl sites for hydroxylation is 1. The predicted molar refractivity (Wildman–Crippen MR) is 88.0 cm³/mol. The first-order valence-electron chi connectivity index (χ1n) is 7.89. The lowest BCUT2D eigenvalue weighted by Gasteiger charge is -2.30. The van der Waals surface area contributed by atoms with E-state index in [0.717, 1.165) is 5.56 Å². The normalized spacial score (nSPS) is 16.0. The number of rotatable bonds is 6. The number of carbonyl (C=O) groups is 3. The molecule has 7 nitrogen and oxygen atoms in total. The van der Waals surface area contributed by atoms with Crippen molar-refractivity contribution < 1.29 is 24.2 Å². The van der Waals surface area contributed by atoms with Crippen molar-refractivity contribution in [3.05, 3.63) is 23.8 Å². The molecule has 0 saturated heterocycles. The molecular formula is C17H22N2O5. The maximum atomic E-state index is 12.3. The number of carboxylic acid groups (broad SMARTS) is 1. The van der Waals surface area contributed by atoms with E-state index in [0.29, 0.717) is 17.9 Å². The van der Waals surface area contributed by atoms with E-state index in [2.05, 4.69) is 5.32 Å². The Morgan fingerprint density at radius 3 is 2.75 bits per heavy atom. The molecule has 0 radical (unpaired) electrons. The molecule has 0 aliphatic carbocycles. The molecule has 0 saturated carbocycles. The van der Waals surface area contributed by atoms with Crippen LogP contribution in [0.25, 0.3) is 0 Å². The Hall–Kier alpha value is -2.57.